The number of aliphatic imine (C=N–C) groups is 1. The summed E-state index contributed by atoms with van der Waals surface area (Å²) in [5.41, 5.74) is 4.71. The summed E-state index contributed by atoms with van der Waals surface area (Å²) >= 11 is 0. The van der Waals surface area contributed by atoms with Crippen molar-refractivity contribution in [3.8, 4) is 17.3 Å². The summed E-state index contributed by atoms with van der Waals surface area (Å²) in [6.45, 7) is 5.25. The Morgan fingerprint density at radius 2 is 1.93 bits per heavy atom. The molecule has 7 nitrogen and oxygen atoms in total. The molecule has 0 radical (unpaired) electrons. The standard InChI is InChI=1S/C32H32FN5O2/c1-22-12-29(40-21-23-8-10-37(2)11-9-23)19-35-31(13-22)26-5-3-4-24(14-26)20-38-32(39)7-6-30(36-38)27-15-25(18-34)16-28(33)17-27/h3-7,12,14-17,19,23H,8-11,13,20-21H2,1-2H3. The molecule has 0 spiro atoms. The average molecular weight is 538 g/mol. The minimum atomic E-state index is -0.528. The van der Waals surface area contributed by atoms with Gasteiger partial charge in [-0.15, -0.1) is 0 Å². The first-order chi connectivity index (χ1) is 19.4. The van der Waals surface area contributed by atoms with Gasteiger partial charge < -0.3 is 9.64 Å². The summed E-state index contributed by atoms with van der Waals surface area (Å²) in [4.78, 5) is 19.7. The first kappa shape index (κ1) is 27.2. The normalized spacial score (nSPS) is 16.4. The molecule has 3 aromatic rings. The summed E-state index contributed by atoms with van der Waals surface area (Å²) < 4.78 is 21.5. The summed E-state index contributed by atoms with van der Waals surface area (Å²) in [6, 6.07) is 16.8. The smallest absolute Gasteiger partial charge is 0.267 e. The van der Waals surface area contributed by atoms with E-state index in [9.17, 15) is 14.4 Å². The van der Waals surface area contributed by atoms with Crippen molar-refractivity contribution in [1.82, 2.24) is 14.7 Å². The van der Waals surface area contributed by atoms with Gasteiger partial charge in [-0.2, -0.15) is 10.4 Å². The van der Waals surface area contributed by atoms with E-state index in [0.717, 1.165) is 60.2 Å². The number of likely N-dealkylation sites (tertiary alicyclic amines) is 1. The summed E-state index contributed by atoms with van der Waals surface area (Å²) in [5, 5.41) is 13.6. The van der Waals surface area contributed by atoms with Crippen LogP contribution in [0.2, 0.25) is 0 Å². The predicted octanol–water partition coefficient (Wildman–Crippen LogP) is 5.31. The third kappa shape index (κ3) is 6.80. The fourth-order valence-electron chi connectivity index (χ4n) is 5.02. The van der Waals surface area contributed by atoms with Gasteiger partial charge in [-0.1, -0.05) is 23.8 Å². The van der Waals surface area contributed by atoms with Crippen LogP contribution < -0.4 is 5.56 Å². The number of hydrogen-bond acceptors (Lipinski definition) is 6. The molecule has 0 atom stereocenters. The van der Waals surface area contributed by atoms with Crippen LogP contribution in [0.5, 0.6) is 0 Å². The number of nitriles is 1. The number of hydrogen-bond donors (Lipinski definition) is 0. The van der Waals surface area contributed by atoms with E-state index in [1.165, 1.54) is 16.8 Å². The number of halogens is 1. The van der Waals surface area contributed by atoms with Crippen LogP contribution in [0, 0.1) is 23.1 Å². The van der Waals surface area contributed by atoms with Crippen molar-refractivity contribution < 1.29 is 9.13 Å². The lowest BCUT2D eigenvalue weighted by atomic mass is 9.98. The zero-order chi connectivity index (χ0) is 28.1. The van der Waals surface area contributed by atoms with E-state index in [4.69, 9.17) is 9.73 Å². The zero-order valence-electron chi connectivity index (χ0n) is 22.8. The fraction of sp³-hybridized carbons (Fsp3) is 0.312. The summed E-state index contributed by atoms with van der Waals surface area (Å²) in [6.07, 6.45) is 6.86. The first-order valence-electron chi connectivity index (χ1n) is 13.5. The number of piperidine rings is 1. The monoisotopic (exact) mass is 537 g/mol. The van der Waals surface area contributed by atoms with Crippen molar-refractivity contribution in [1.29, 1.82) is 5.26 Å². The molecule has 1 aromatic heterocycles. The van der Waals surface area contributed by atoms with Crippen LogP contribution in [0.3, 0.4) is 0 Å². The van der Waals surface area contributed by atoms with Crippen molar-refractivity contribution in [3.63, 3.8) is 0 Å². The van der Waals surface area contributed by atoms with E-state index in [-0.39, 0.29) is 17.7 Å². The number of aromatic nitrogens is 2. The molecule has 1 saturated heterocycles. The molecule has 0 N–H and O–H groups in total. The highest BCUT2D eigenvalue weighted by Gasteiger charge is 2.18. The SMILES string of the molecule is CC1=CC(OCC2CCN(C)CC2)=CN=C(c2cccc(Cn3nc(-c4cc(F)cc(C#N)c4)ccc3=O)c2)C1. The van der Waals surface area contributed by atoms with E-state index < -0.39 is 5.82 Å². The molecule has 0 aliphatic carbocycles. The first-order valence-corrected chi connectivity index (χ1v) is 13.5. The highest BCUT2D eigenvalue weighted by Crippen LogP contribution is 2.22. The Hall–Kier alpha value is -4.35. The largest absolute Gasteiger partial charge is 0.492 e. The number of ether oxygens (including phenoxy) is 1. The molecular weight excluding hydrogens is 505 g/mol. The molecule has 204 valence electrons. The minimum Gasteiger partial charge on any atom is -0.492 e. The summed E-state index contributed by atoms with van der Waals surface area (Å²) in [5.74, 6) is 0.824. The number of benzene rings is 2. The van der Waals surface area contributed by atoms with Gasteiger partial charge in [0.15, 0.2) is 0 Å². The van der Waals surface area contributed by atoms with Gasteiger partial charge >= 0.3 is 0 Å². The molecule has 2 aliphatic heterocycles. The predicted molar refractivity (Wildman–Crippen MR) is 153 cm³/mol. The Balaban J connectivity index is 1.33. The van der Waals surface area contributed by atoms with Crippen LogP contribution in [-0.4, -0.2) is 47.1 Å². The summed E-state index contributed by atoms with van der Waals surface area (Å²) in [7, 11) is 2.16. The van der Waals surface area contributed by atoms with E-state index in [1.807, 2.05) is 30.3 Å². The van der Waals surface area contributed by atoms with Crippen molar-refractivity contribution in [2.75, 3.05) is 26.7 Å². The molecule has 2 aromatic carbocycles. The van der Waals surface area contributed by atoms with Gasteiger partial charge in [0, 0.05) is 18.1 Å². The maximum absolute atomic E-state index is 14.0. The molecule has 8 heteroatoms. The van der Waals surface area contributed by atoms with Crippen molar-refractivity contribution >= 4 is 5.71 Å². The van der Waals surface area contributed by atoms with Crippen LogP contribution in [0.25, 0.3) is 11.3 Å². The van der Waals surface area contributed by atoms with Gasteiger partial charge in [0.05, 0.1) is 42.4 Å². The van der Waals surface area contributed by atoms with Crippen LogP contribution in [0.4, 0.5) is 4.39 Å². The third-order valence-corrected chi connectivity index (χ3v) is 7.29. The zero-order valence-corrected chi connectivity index (χ0v) is 22.8. The van der Waals surface area contributed by atoms with Crippen molar-refractivity contribution in [2.45, 2.75) is 32.7 Å². The van der Waals surface area contributed by atoms with Crippen LogP contribution in [-0.2, 0) is 11.3 Å². The Bertz CT molecular complexity index is 1590. The minimum absolute atomic E-state index is 0.195. The van der Waals surface area contributed by atoms with Crippen molar-refractivity contribution in [3.05, 3.63) is 111 Å². The van der Waals surface area contributed by atoms with E-state index >= 15 is 0 Å². The fourth-order valence-corrected chi connectivity index (χ4v) is 5.02. The molecule has 0 saturated carbocycles. The van der Waals surface area contributed by atoms with Gasteiger partial charge in [-0.25, -0.2) is 9.07 Å². The second-order valence-electron chi connectivity index (χ2n) is 10.6. The molecule has 0 unspecified atom stereocenters. The van der Waals surface area contributed by atoms with E-state index in [2.05, 4.69) is 30.0 Å². The van der Waals surface area contributed by atoms with E-state index in [0.29, 0.717) is 30.2 Å². The van der Waals surface area contributed by atoms with Crippen LogP contribution in [0.1, 0.15) is 42.9 Å². The Kier molecular flexibility index (Phi) is 8.32. The molecule has 3 heterocycles. The maximum Gasteiger partial charge on any atom is 0.267 e. The van der Waals surface area contributed by atoms with E-state index in [1.54, 1.807) is 18.3 Å². The highest BCUT2D eigenvalue weighted by atomic mass is 19.1. The van der Waals surface area contributed by atoms with Gasteiger partial charge in [-0.3, -0.25) is 9.79 Å². The second kappa shape index (κ2) is 12.2. The highest BCUT2D eigenvalue weighted by molar-refractivity contribution is 6.02. The molecule has 5 rings (SSSR count). The second-order valence-corrected chi connectivity index (χ2v) is 10.6. The molecule has 40 heavy (non-hydrogen) atoms. The van der Waals surface area contributed by atoms with Gasteiger partial charge in [-0.05, 0) is 93.4 Å². The van der Waals surface area contributed by atoms with Crippen molar-refractivity contribution in [2.24, 2.45) is 10.9 Å². The van der Waals surface area contributed by atoms with Crippen LogP contribution in [0.15, 0.2) is 88.0 Å². The van der Waals surface area contributed by atoms with Crippen LogP contribution >= 0.6 is 0 Å². The molecule has 2 aliphatic rings. The van der Waals surface area contributed by atoms with Gasteiger partial charge in [0.2, 0.25) is 0 Å². The lowest BCUT2D eigenvalue weighted by molar-refractivity contribution is 0.122. The molecule has 0 amide bonds. The number of nitrogens with zero attached hydrogens (tertiary/aromatic N) is 5. The lowest BCUT2D eigenvalue weighted by Gasteiger charge is -2.28. The molecule has 1 fully saturated rings. The maximum atomic E-state index is 14.0. The Labute approximate surface area is 233 Å². The van der Waals surface area contributed by atoms with Gasteiger partial charge in [0.1, 0.15) is 11.6 Å². The lowest BCUT2D eigenvalue weighted by Crippen LogP contribution is -2.31. The molecule has 0 bridgehead atoms. The average Bonchev–Trinajstić information content (AvgIpc) is 3.14. The number of allylic oxidation sites excluding steroid dienone is 2. The molecular formula is C32H32FN5O2. The Morgan fingerprint density at radius 1 is 1.10 bits per heavy atom. The topological polar surface area (TPSA) is 83.5 Å². The quantitative estimate of drug-likeness (QED) is 0.408. The third-order valence-electron chi connectivity index (χ3n) is 7.29. The van der Waals surface area contributed by atoms with Gasteiger partial charge in [0.25, 0.3) is 5.56 Å². The number of rotatable bonds is 7. The Morgan fingerprint density at radius 3 is 2.73 bits per heavy atom.